The van der Waals surface area contributed by atoms with Crippen LogP contribution in [0.1, 0.15) is 44.1 Å². The number of hydrogen-bond donors (Lipinski definition) is 1. The Bertz CT molecular complexity index is 356. The number of aromatic nitrogens is 2. The molecule has 1 unspecified atom stereocenters. The van der Waals surface area contributed by atoms with E-state index in [2.05, 4.69) is 29.9 Å². The van der Waals surface area contributed by atoms with Crippen LogP contribution in [0.5, 0.6) is 0 Å². The van der Waals surface area contributed by atoms with Crippen molar-refractivity contribution in [1.82, 2.24) is 14.7 Å². The minimum absolute atomic E-state index is 0.492. The van der Waals surface area contributed by atoms with E-state index in [0.29, 0.717) is 18.6 Å². The maximum Gasteiger partial charge on any atom is 0.0799 e. The molecule has 0 bridgehead atoms. The third-order valence-corrected chi connectivity index (χ3v) is 3.50. The molecule has 1 aliphatic rings. The molecule has 2 N–H and O–H groups in total. The lowest BCUT2D eigenvalue weighted by molar-refractivity contribution is 0.201. The smallest absolute Gasteiger partial charge is 0.0799 e. The van der Waals surface area contributed by atoms with E-state index in [9.17, 15) is 0 Å². The molecule has 0 amide bonds. The van der Waals surface area contributed by atoms with Gasteiger partial charge in [0.05, 0.1) is 17.4 Å². The van der Waals surface area contributed by atoms with E-state index in [1.54, 1.807) is 0 Å². The van der Waals surface area contributed by atoms with Crippen molar-refractivity contribution >= 4 is 0 Å². The van der Waals surface area contributed by atoms with Gasteiger partial charge in [0.1, 0.15) is 0 Å². The van der Waals surface area contributed by atoms with E-state index in [4.69, 9.17) is 5.73 Å². The summed E-state index contributed by atoms with van der Waals surface area (Å²) in [5.41, 5.74) is 7.99. The van der Waals surface area contributed by atoms with Crippen LogP contribution in [0.3, 0.4) is 0 Å². The zero-order chi connectivity index (χ0) is 11.7. The van der Waals surface area contributed by atoms with Gasteiger partial charge in [-0.15, -0.1) is 0 Å². The first kappa shape index (κ1) is 11.6. The molecule has 0 aromatic carbocycles. The Hall–Kier alpha value is -0.870. The number of nitrogens with two attached hydrogens (primary N) is 1. The molecule has 0 saturated carbocycles. The SMILES string of the molecule is CC(C)N1CCCC1c1cc(CN)n(C)n1. The molecule has 1 aromatic rings. The van der Waals surface area contributed by atoms with E-state index in [1.165, 1.54) is 25.1 Å². The normalized spacial score (nSPS) is 22.2. The Labute approximate surface area is 97.4 Å². The lowest BCUT2D eigenvalue weighted by atomic mass is 10.1. The molecule has 2 rings (SSSR count). The van der Waals surface area contributed by atoms with Crippen LogP contribution < -0.4 is 5.73 Å². The summed E-state index contributed by atoms with van der Waals surface area (Å²) in [6, 6.07) is 3.24. The van der Waals surface area contributed by atoms with Gasteiger partial charge in [-0.25, -0.2) is 0 Å². The van der Waals surface area contributed by atoms with Crippen LogP contribution in [0.15, 0.2) is 6.07 Å². The highest BCUT2D eigenvalue weighted by atomic mass is 15.3. The van der Waals surface area contributed by atoms with Crippen molar-refractivity contribution < 1.29 is 0 Å². The van der Waals surface area contributed by atoms with Crippen molar-refractivity contribution in [2.75, 3.05) is 6.54 Å². The van der Waals surface area contributed by atoms with E-state index < -0.39 is 0 Å². The third kappa shape index (κ3) is 1.99. The second-order valence-electron chi connectivity index (χ2n) is 4.88. The van der Waals surface area contributed by atoms with E-state index >= 15 is 0 Å². The van der Waals surface area contributed by atoms with Crippen LogP contribution in [0, 0.1) is 0 Å². The summed E-state index contributed by atoms with van der Waals surface area (Å²) in [7, 11) is 1.97. The number of rotatable bonds is 3. The van der Waals surface area contributed by atoms with Crippen molar-refractivity contribution in [3.05, 3.63) is 17.5 Å². The Morgan fingerprint density at radius 2 is 2.31 bits per heavy atom. The largest absolute Gasteiger partial charge is 0.325 e. The maximum atomic E-state index is 5.68. The molecule has 2 heterocycles. The molecule has 0 spiro atoms. The molecular formula is C12H22N4. The van der Waals surface area contributed by atoms with E-state index in [1.807, 2.05) is 11.7 Å². The minimum atomic E-state index is 0.492. The summed E-state index contributed by atoms with van der Waals surface area (Å²) >= 11 is 0. The van der Waals surface area contributed by atoms with Gasteiger partial charge >= 0.3 is 0 Å². The van der Waals surface area contributed by atoms with Gasteiger partial charge in [-0.3, -0.25) is 9.58 Å². The monoisotopic (exact) mass is 222 g/mol. The minimum Gasteiger partial charge on any atom is -0.325 e. The van der Waals surface area contributed by atoms with Crippen LogP contribution >= 0.6 is 0 Å². The predicted octanol–water partition coefficient (Wildman–Crippen LogP) is 1.42. The number of nitrogens with zero attached hydrogens (tertiary/aromatic N) is 3. The standard InChI is InChI=1S/C12H22N4/c1-9(2)16-6-4-5-12(16)11-7-10(8-13)15(3)14-11/h7,9,12H,4-6,8,13H2,1-3H3. The highest BCUT2D eigenvalue weighted by molar-refractivity contribution is 5.15. The van der Waals surface area contributed by atoms with Gasteiger partial charge in [-0.05, 0) is 39.3 Å². The summed E-state index contributed by atoms with van der Waals surface area (Å²) < 4.78 is 1.91. The van der Waals surface area contributed by atoms with Gasteiger partial charge in [0, 0.05) is 19.6 Å². The van der Waals surface area contributed by atoms with Crippen LogP contribution in [-0.2, 0) is 13.6 Å². The molecule has 1 saturated heterocycles. The maximum absolute atomic E-state index is 5.68. The molecule has 4 heteroatoms. The fourth-order valence-electron chi connectivity index (χ4n) is 2.61. The second kappa shape index (κ2) is 4.55. The van der Waals surface area contributed by atoms with Gasteiger partial charge in [-0.2, -0.15) is 5.10 Å². The van der Waals surface area contributed by atoms with Gasteiger partial charge in [0.25, 0.3) is 0 Å². The molecule has 4 nitrogen and oxygen atoms in total. The lowest BCUT2D eigenvalue weighted by Crippen LogP contribution is -2.30. The molecule has 90 valence electrons. The van der Waals surface area contributed by atoms with Gasteiger partial charge in [0.15, 0.2) is 0 Å². The van der Waals surface area contributed by atoms with Crippen LogP contribution in [0.25, 0.3) is 0 Å². The molecule has 0 aliphatic carbocycles. The van der Waals surface area contributed by atoms with Crippen molar-refractivity contribution in [2.45, 2.75) is 45.3 Å². The first-order valence-corrected chi connectivity index (χ1v) is 6.12. The zero-order valence-electron chi connectivity index (χ0n) is 10.5. The summed E-state index contributed by atoms with van der Waals surface area (Å²) in [4.78, 5) is 2.53. The number of likely N-dealkylation sites (tertiary alicyclic amines) is 1. The highest BCUT2D eigenvalue weighted by Crippen LogP contribution is 2.32. The van der Waals surface area contributed by atoms with Crippen molar-refractivity contribution in [3.8, 4) is 0 Å². The van der Waals surface area contributed by atoms with Crippen molar-refractivity contribution in [2.24, 2.45) is 12.8 Å². The lowest BCUT2D eigenvalue weighted by Gasteiger charge is -2.26. The quantitative estimate of drug-likeness (QED) is 0.841. The summed E-state index contributed by atoms with van der Waals surface area (Å²) in [6.07, 6.45) is 2.50. The molecule has 1 fully saturated rings. The summed E-state index contributed by atoms with van der Waals surface area (Å²) in [5.74, 6) is 0. The Balaban J connectivity index is 2.22. The first-order chi connectivity index (χ1) is 7.63. The van der Waals surface area contributed by atoms with E-state index in [0.717, 1.165) is 5.69 Å². The molecule has 1 aromatic heterocycles. The Kier molecular flexibility index (Phi) is 3.30. The Morgan fingerprint density at radius 1 is 1.56 bits per heavy atom. The van der Waals surface area contributed by atoms with Crippen LogP contribution in [0.2, 0.25) is 0 Å². The zero-order valence-corrected chi connectivity index (χ0v) is 10.5. The van der Waals surface area contributed by atoms with Crippen LogP contribution in [0.4, 0.5) is 0 Å². The average Bonchev–Trinajstić information content (AvgIpc) is 2.82. The molecule has 0 radical (unpaired) electrons. The fourth-order valence-corrected chi connectivity index (χ4v) is 2.61. The van der Waals surface area contributed by atoms with E-state index in [-0.39, 0.29) is 0 Å². The van der Waals surface area contributed by atoms with Gasteiger partial charge in [0.2, 0.25) is 0 Å². The highest BCUT2D eigenvalue weighted by Gasteiger charge is 2.29. The predicted molar refractivity (Wildman–Crippen MR) is 64.9 cm³/mol. The second-order valence-corrected chi connectivity index (χ2v) is 4.88. The molecule has 1 aliphatic heterocycles. The van der Waals surface area contributed by atoms with Gasteiger partial charge < -0.3 is 5.73 Å². The summed E-state index contributed by atoms with van der Waals surface area (Å²) in [5, 5.41) is 4.59. The molecule has 1 atom stereocenters. The topological polar surface area (TPSA) is 47.1 Å². The number of aryl methyl sites for hydroxylation is 1. The number of hydrogen-bond acceptors (Lipinski definition) is 3. The fraction of sp³-hybridized carbons (Fsp3) is 0.750. The first-order valence-electron chi connectivity index (χ1n) is 6.12. The molecular weight excluding hydrogens is 200 g/mol. The Morgan fingerprint density at radius 3 is 2.88 bits per heavy atom. The average molecular weight is 222 g/mol. The van der Waals surface area contributed by atoms with Crippen LogP contribution in [-0.4, -0.2) is 27.3 Å². The summed E-state index contributed by atoms with van der Waals surface area (Å²) in [6.45, 7) is 6.27. The van der Waals surface area contributed by atoms with Crippen molar-refractivity contribution in [1.29, 1.82) is 0 Å². The van der Waals surface area contributed by atoms with Crippen molar-refractivity contribution in [3.63, 3.8) is 0 Å². The molecule has 16 heavy (non-hydrogen) atoms. The third-order valence-electron chi connectivity index (χ3n) is 3.50. The van der Waals surface area contributed by atoms with Gasteiger partial charge in [-0.1, -0.05) is 0 Å².